The lowest BCUT2D eigenvalue weighted by Gasteiger charge is -2.07. The summed E-state index contributed by atoms with van der Waals surface area (Å²) in [6, 6.07) is 6.81. The first-order valence-corrected chi connectivity index (χ1v) is 9.07. The molecule has 9 heteroatoms. The Morgan fingerprint density at radius 1 is 1.24 bits per heavy atom. The number of hydrogen-bond donors (Lipinski definition) is 2. The van der Waals surface area contributed by atoms with Crippen LogP contribution in [0.3, 0.4) is 0 Å². The Bertz CT molecular complexity index is 985. The van der Waals surface area contributed by atoms with E-state index in [0.29, 0.717) is 36.0 Å². The molecule has 0 bridgehead atoms. The van der Waals surface area contributed by atoms with Crippen molar-refractivity contribution in [2.75, 3.05) is 27.4 Å². The maximum atomic E-state index is 12.1. The number of carbonyl (C=O) groups is 1. The Kier molecular flexibility index (Phi) is 6.40. The summed E-state index contributed by atoms with van der Waals surface area (Å²) in [6.45, 7) is 2.95. The van der Waals surface area contributed by atoms with Crippen molar-refractivity contribution in [3.8, 4) is 28.7 Å². The predicted molar refractivity (Wildman–Crippen MR) is 106 cm³/mol. The number of aryl methyl sites for hydroxylation is 1. The first-order valence-electron chi connectivity index (χ1n) is 9.07. The minimum Gasteiger partial charge on any atom is -0.493 e. The van der Waals surface area contributed by atoms with Crippen LogP contribution in [-0.4, -0.2) is 58.1 Å². The van der Waals surface area contributed by atoms with E-state index >= 15 is 0 Å². The second-order valence-corrected chi connectivity index (χ2v) is 6.34. The predicted octanol–water partition coefficient (Wildman–Crippen LogP) is 2.12. The Hall–Kier alpha value is -3.46. The minimum atomic E-state index is -0.218. The van der Waals surface area contributed by atoms with E-state index in [9.17, 15) is 9.90 Å². The molecule has 3 rings (SSSR count). The Morgan fingerprint density at radius 2 is 2.07 bits per heavy atom. The van der Waals surface area contributed by atoms with Crippen LogP contribution in [0.25, 0.3) is 16.9 Å². The largest absolute Gasteiger partial charge is 0.493 e. The van der Waals surface area contributed by atoms with Gasteiger partial charge in [0.05, 0.1) is 24.4 Å². The molecule has 0 saturated heterocycles. The number of pyridine rings is 2. The van der Waals surface area contributed by atoms with E-state index in [1.165, 1.54) is 18.0 Å². The zero-order valence-corrected chi connectivity index (χ0v) is 16.5. The van der Waals surface area contributed by atoms with Gasteiger partial charge in [0, 0.05) is 38.2 Å². The first kappa shape index (κ1) is 20.3. The highest BCUT2D eigenvalue weighted by Gasteiger charge is 2.16. The van der Waals surface area contributed by atoms with Gasteiger partial charge in [-0.2, -0.15) is 9.78 Å². The lowest BCUT2D eigenvalue weighted by molar-refractivity contribution is 0.0948. The highest BCUT2D eigenvalue weighted by atomic mass is 16.5. The summed E-state index contributed by atoms with van der Waals surface area (Å²) in [4.78, 5) is 20.6. The van der Waals surface area contributed by atoms with E-state index < -0.39 is 0 Å². The van der Waals surface area contributed by atoms with Crippen molar-refractivity contribution in [2.24, 2.45) is 0 Å². The van der Waals surface area contributed by atoms with Crippen molar-refractivity contribution in [1.29, 1.82) is 0 Å². The standard InChI is InChI=1S/C20H23N5O4/c1-13-9-15(10-18(24-13)29-3)16-12-23-25(20(16)27)17-6-5-14(11-22-17)19(26)21-7-4-8-28-2/h5-6,9-12,27H,4,7-8H2,1-3H3,(H,21,26). The first-order chi connectivity index (χ1) is 14.0. The fourth-order valence-corrected chi connectivity index (χ4v) is 2.78. The molecule has 1 amide bonds. The number of carbonyl (C=O) groups excluding carboxylic acids is 1. The molecular weight excluding hydrogens is 374 g/mol. The number of rotatable bonds is 8. The van der Waals surface area contributed by atoms with E-state index in [4.69, 9.17) is 9.47 Å². The Labute approximate surface area is 168 Å². The van der Waals surface area contributed by atoms with Crippen LogP contribution in [-0.2, 0) is 4.74 Å². The van der Waals surface area contributed by atoms with Crippen LogP contribution in [0.5, 0.6) is 11.8 Å². The van der Waals surface area contributed by atoms with Crippen LogP contribution in [0.2, 0.25) is 0 Å². The van der Waals surface area contributed by atoms with Crippen molar-refractivity contribution in [2.45, 2.75) is 13.3 Å². The third kappa shape index (κ3) is 4.69. The van der Waals surface area contributed by atoms with Gasteiger partial charge < -0.3 is 19.9 Å². The summed E-state index contributed by atoms with van der Waals surface area (Å²) in [5.41, 5.74) is 2.43. The highest BCUT2D eigenvalue weighted by Crippen LogP contribution is 2.32. The fourth-order valence-electron chi connectivity index (χ4n) is 2.78. The molecule has 3 aromatic heterocycles. The highest BCUT2D eigenvalue weighted by molar-refractivity contribution is 5.93. The van der Waals surface area contributed by atoms with Crippen molar-refractivity contribution < 1.29 is 19.4 Å². The van der Waals surface area contributed by atoms with Gasteiger partial charge in [-0.3, -0.25) is 4.79 Å². The fraction of sp³-hybridized carbons (Fsp3) is 0.300. The average Bonchev–Trinajstić information content (AvgIpc) is 3.12. The van der Waals surface area contributed by atoms with E-state index in [0.717, 1.165) is 17.7 Å². The molecule has 0 fully saturated rings. The van der Waals surface area contributed by atoms with Crippen molar-refractivity contribution in [3.05, 3.63) is 47.9 Å². The molecule has 0 unspecified atom stereocenters. The molecule has 0 aliphatic rings. The summed E-state index contributed by atoms with van der Waals surface area (Å²) in [6.07, 6.45) is 3.72. The molecule has 2 N–H and O–H groups in total. The summed E-state index contributed by atoms with van der Waals surface area (Å²) >= 11 is 0. The molecule has 0 spiro atoms. The van der Waals surface area contributed by atoms with Gasteiger partial charge in [-0.05, 0) is 37.1 Å². The summed E-state index contributed by atoms with van der Waals surface area (Å²) in [5.74, 6) is 0.556. The number of nitrogens with one attached hydrogen (secondary N) is 1. The van der Waals surface area contributed by atoms with Crippen LogP contribution in [0, 0.1) is 6.92 Å². The molecule has 0 aliphatic carbocycles. The molecule has 0 atom stereocenters. The van der Waals surface area contributed by atoms with E-state index in [-0.39, 0.29) is 11.8 Å². The normalized spacial score (nSPS) is 10.7. The van der Waals surface area contributed by atoms with Crippen LogP contribution >= 0.6 is 0 Å². The molecule has 0 aliphatic heterocycles. The topological polar surface area (TPSA) is 111 Å². The van der Waals surface area contributed by atoms with Gasteiger partial charge in [-0.25, -0.2) is 9.97 Å². The average molecular weight is 397 g/mol. The summed E-state index contributed by atoms with van der Waals surface area (Å²) in [7, 11) is 3.15. The monoisotopic (exact) mass is 397 g/mol. The Balaban J connectivity index is 1.78. The van der Waals surface area contributed by atoms with Crippen LogP contribution < -0.4 is 10.1 Å². The number of amides is 1. The van der Waals surface area contributed by atoms with E-state index in [1.54, 1.807) is 31.5 Å². The van der Waals surface area contributed by atoms with Gasteiger partial charge in [-0.1, -0.05) is 0 Å². The molecule has 3 aromatic rings. The molecule has 0 aromatic carbocycles. The third-order valence-electron chi connectivity index (χ3n) is 4.23. The van der Waals surface area contributed by atoms with Crippen LogP contribution in [0.1, 0.15) is 22.5 Å². The quantitative estimate of drug-likeness (QED) is 0.560. The molecule has 3 heterocycles. The minimum absolute atomic E-state index is 0.0677. The second kappa shape index (κ2) is 9.16. The smallest absolute Gasteiger partial charge is 0.252 e. The second-order valence-electron chi connectivity index (χ2n) is 6.34. The lowest BCUT2D eigenvalue weighted by atomic mass is 10.1. The number of ether oxygens (including phenoxy) is 2. The number of aromatic hydroxyl groups is 1. The summed E-state index contributed by atoms with van der Waals surface area (Å²) in [5, 5.41) is 17.7. The van der Waals surface area contributed by atoms with Gasteiger partial charge in [-0.15, -0.1) is 0 Å². The lowest BCUT2D eigenvalue weighted by Crippen LogP contribution is -2.25. The van der Waals surface area contributed by atoms with Crippen LogP contribution in [0.15, 0.2) is 36.7 Å². The van der Waals surface area contributed by atoms with E-state index in [1.807, 2.05) is 13.0 Å². The molecule has 0 radical (unpaired) electrons. The molecule has 0 saturated carbocycles. The number of methoxy groups -OCH3 is 2. The molecule has 29 heavy (non-hydrogen) atoms. The van der Waals surface area contributed by atoms with Crippen LogP contribution in [0.4, 0.5) is 0 Å². The number of nitrogens with zero attached hydrogens (tertiary/aromatic N) is 4. The zero-order chi connectivity index (χ0) is 20.8. The molecule has 152 valence electrons. The zero-order valence-electron chi connectivity index (χ0n) is 16.5. The summed E-state index contributed by atoms with van der Waals surface area (Å²) < 4.78 is 11.4. The van der Waals surface area contributed by atoms with Gasteiger partial charge in [0.1, 0.15) is 0 Å². The van der Waals surface area contributed by atoms with Gasteiger partial charge in [0.2, 0.25) is 11.8 Å². The number of hydrogen-bond acceptors (Lipinski definition) is 7. The number of aromatic nitrogens is 4. The Morgan fingerprint density at radius 3 is 2.76 bits per heavy atom. The van der Waals surface area contributed by atoms with Gasteiger partial charge in [0.15, 0.2) is 5.82 Å². The van der Waals surface area contributed by atoms with E-state index in [2.05, 4.69) is 20.4 Å². The maximum Gasteiger partial charge on any atom is 0.252 e. The third-order valence-corrected chi connectivity index (χ3v) is 4.23. The van der Waals surface area contributed by atoms with Gasteiger partial charge >= 0.3 is 0 Å². The van der Waals surface area contributed by atoms with Crippen molar-refractivity contribution in [3.63, 3.8) is 0 Å². The van der Waals surface area contributed by atoms with Crippen molar-refractivity contribution >= 4 is 5.91 Å². The molecule has 9 nitrogen and oxygen atoms in total. The molecular formula is C20H23N5O4. The van der Waals surface area contributed by atoms with Crippen molar-refractivity contribution in [1.82, 2.24) is 25.1 Å². The SMILES string of the molecule is COCCCNC(=O)c1ccc(-n2ncc(-c3cc(C)nc(OC)c3)c2O)nc1. The van der Waals surface area contributed by atoms with Gasteiger partial charge in [0.25, 0.3) is 5.91 Å². The maximum absolute atomic E-state index is 12.1.